The van der Waals surface area contributed by atoms with Crippen LogP contribution in [0.15, 0.2) is 36.4 Å². The minimum absolute atomic E-state index is 0.00170. The molecule has 1 aromatic carbocycles. The van der Waals surface area contributed by atoms with Gasteiger partial charge < -0.3 is 10.6 Å². The molecular formula is C20H26N4O2. The van der Waals surface area contributed by atoms with Crippen LogP contribution in [0.5, 0.6) is 0 Å². The first kappa shape index (κ1) is 18.2. The topological polar surface area (TPSA) is 92.1 Å². The zero-order chi connectivity index (χ0) is 18.7. The molecule has 2 heterocycles. The average Bonchev–Trinajstić information content (AvgIpc) is 3.12. The summed E-state index contributed by atoms with van der Waals surface area (Å²) in [5, 5.41) is 7.58. The van der Waals surface area contributed by atoms with E-state index in [0.717, 1.165) is 29.8 Å². The fourth-order valence-corrected chi connectivity index (χ4v) is 3.32. The van der Waals surface area contributed by atoms with Crippen molar-refractivity contribution in [2.24, 2.45) is 11.1 Å². The van der Waals surface area contributed by atoms with Gasteiger partial charge in [0.25, 0.3) is 0 Å². The van der Waals surface area contributed by atoms with Crippen LogP contribution in [0.25, 0.3) is 11.3 Å². The number of nitrogens with two attached hydrogens (primary N) is 1. The zero-order valence-corrected chi connectivity index (χ0v) is 15.4. The maximum atomic E-state index is 12.4. The lowest BCUT2D eigenvalue weighted by molar-refractivity contribution is -0.139. The molecule has 1 fully saturated rings. The fourth-order valence-electron chi connectivity index (χ4n) is 3.32. The Morgan fingerprint density at radius 2 is 1.88 bits per heavy atom. The van der Waals surface area contributed by atoms with E-state index in [1.807, 2.05) is 35.2 Å². The van der Waals surface area contributed by atoms with E-state index < -0.39 is 11.3 Å². The highest BCUT2D eigenvalue weighted by atomic mass is 16.2. The molecule has 0 radical (unpaired) electrons. The van der Waals surface area contributed by atoms with E-state index in [0.29, 0.717) is 19.0 Å². The predicted octanol–water partition coefficient (Wildman–Crippen LogP) is 2.68. The molecule has 0 atom stereocenters. The molecule has 138 valence electrons. The van der Waals surface area contributed by atoms with Crippen molar-refractivity contribution in [3.8, 4) is 11.3 Å². The first-order valence-electron chi connectivity index (χ1n) is 9.05. The quantitative estimate of drug-likeness (QED) is 0.864. The molecule has 1 aliphatic rings. The Bertz CT molecular complexity index is 774. The number of hydrogen-bond acceptors (Lipinski definition) is 3. The van der Waals surface area contributed by atoms with Crippen LogP contribution in [0.2, 0.25) is 0 Å². The normalized spacial score (nSPS) is 15.8. The van der Waals surface area contributed by atoms with Crippen molar-refractivity contribution >= 4 is 11.8 Å². The van der Waals surface area contributed by atoms with Gasteiger partial charge in [-0.2, -0.15) is 5.10 Å². The molecule has 0 aliphatic carbocycles. The molecular weight excluding hydrogens is 328 g/mol. The number of piperidine rings is 1. The first-order valence-corrected chi connectivity index (χ1v) is 9.05. The average molecular weight is 354 g/mol. The molecule has 26 heavy (non-hydrogen) atoms. The van der Waals surface area contributed by atoms with Crippen LogP contribution in [0, 0.1) is 5.41 Å². The Morgan fingerprint density at radius 3 is 2.50 bits per heavy atom. The van der Waals surface area contributed by atoms with Crippen LogP contribution >= 0.6 is 0 Å². The Hall–Kier alpha value is -2.63. The summed E-state index contributed by atoms with van der Waals surface area (Å²) < 4.78 is 0. The van der Waals surface area contributed by atoms with E-state index >= 15 is 0 Å². The Labute approximate surface area is 153 Å². The lowest BCUT2D eigenvalue weighted by atomic mass is 9.87. The summed E-state index contributed by atoms with van der Waals surface area (Å²) in [6.07, 6.45) is 1.94. The Kier molecular flexibility index (Phi) is 5.11. The summed E-state index contributed by atoms with van der Waals surface area (Å²) in [4.78, 5) is 25.7. The molecule has 2 amide bonds. The number of carbonyl (C=O) groups excluding carboxylic acids is 2. The number of aromatic nitrogens is 2. The fraction of sp³-hybridized carbons (Fsp3) is 0.450. The van der Waals surface area contributed by atoms with Crippen molar-refractivity contribution in [2.45, 2.75) is 39.0 Å². The summed E-state index contributed by atoms with van der Waals surface area (Å²) in [5.41, 5.74) is 7.73. The monoisotopic (exact) mass is 354 g/mol. The van der Waals surface area contributed by atoms with E-state index in [2.05, 4.69) is 16.3 Å². The van der Waals surface area contributed by atoms with Crippen molar-refractivity contribution in [2.75, 3.05) is 13.1 Å². The molecule has 6 heteroatoms. The summed E-state index contributed by atoms with van der Waals surface area (Å²) in [7, 11) is 0. The first-order chi connectivity index (χ1) is 12.4. The van der Waals surface area contributed by atoms with E-state index in [1.165, 1.54) is 0 Å². The van der Waals surface area contributed by atoms with Crippen LogP contribution in [0.4, 0.5) is 0 Å². The number of hydrogen-bond donors (Lipinski definition) is 2. The molecule has 6 nitrogen and oxygen atoms in total. The summed E-state index contributed by atoms with van der Waals surface area (Å²) in [5.74, 6) is -0.0679. The second-order valence-electron chi connectivity index (χ2n) is 7.65. The molecule has 1 aromatic heterocycles. The number of likely N-dealkylation sites (tertiary alicyclic amines) is 1. The van der Waals surface area contributed by atoms with Crippen molar-refractivity contribution in [3.05, 3.63) is 42.1 Å². The van der Waals surface area contributed by atoms with E-state index in [-0.39, 0.29) is 12.3 Å². The summed E-state index contributed by atoms with van der Waals surface area (Å²) >= 11 is 0. The third kappa shape index (κ3) is 3.95. The van der Waals surface area contributed by atoms with E-state index in [1.54, 1.807) is 13.8 Å². The van der Waals surface area contributed by atoms with Gasteiger partial charge in [0.15, 0.2) is 0 Å². The standard InChI is InChI=1S/C20H26N4O2/c1-20(2,19(21)26)13-18(25)24-10-8-15(9-11-24)17-12-16(22-23-17)14-6-4-3-5-7-14/h3-7,12,15H,8-11,13H2,1-2H3,(H2,21,26)(H,22,23). The van der Waals surface area contributed by atoms with Gasteiger partial charge in [-0.1, -0.05) is 44.2 Å². The van der Waals surface area contributed by atoms with E-state index in [4.69, 9.17) is 5.73 Å². The number of aromatic amines is 1. The van der Waals surface area contributed by atoms with Crippen molar-refractivity contribution < 1.29 is 9.59 Å². The van der Waals surface area contributed by atoms with Gasteiger partial charge in [-0.25, -0.2) is 0 Å². The summed E-state index contributed by atoms with van der Waals surface area (Å²) in [6, 6.07) is 12.2. The number of rotatable bonds is 5. The van der Waals surface area contributed by atoms with E-state index in [9.17, 15) is 9.59 Å². The van der Waals surface area contributed by atoms with Crippen LogP contribution in [0.1, 0.15) is 44.7 Å². The van der Waals surface area contributed by atoms with Crippen LogP contribution in [-0.4, -0.2) is 40.0 Å². The van der Waals surface area contributed by atoms with Gasteiger partial charge in [0.1, 0.15) is 0 Å². The zero-order valence-electron chi connectivity index (χ0n) is 15.4. The van der Waals surface area contributed by atoms with Gasteiger partial charge in [-0.3, -0.25) is 14.7 Å². The predicted molar refractivity (Wildman–Crippen MR) is 100 cm³/mol. The third-order valence-electron chi connectivity index (χ3n) is 5.21. The third-order valence-corrected chi connectivity index (χ3v) is 5.21. The van der Waals surface area contributed by atoms with Crippen LogP contribution < -0.4 is 5.73 Å². The minimum atomic E-state index is -0.804. The summed E-state index contributed by atoms with van der Waals surface area (Å²) in [6.45, 7) is 4.82. The largest absolute Gasteiger partial charge is 0.369 e. The Balaban J connectivity index is 1.58. The van der Waals surface area contributed by atoms with Crippen LogP contribution in [-0.2, 0) is 9.59 Å². The molecule has 3 rings (SSSR count). The number of primary amides is 1. The maximum absolute atomic E-state index is 12.4. The molecule has 0 unspecified atom stereocenters. The lowest BCUT2D eigenvalue weighted by Crippen LogP contribution is -2.42. The van der Waals surface area contributed by atoms with Gasteiger partial charge >= 0.3 is 0 Å². The lowest BCUT2D eigenvalue weighted by Gasteiger charge is -2.33. The van der Waals surface area contributed by atoms with Gasteiger partial charge in [0, 0.05) is 36.7 Å². The highest BCUT2D eigenvalue weighted by Gasteiger charge is 2.32. The number of nitrogens with zero attached hydrogens (tertiary/aromatic N) is 2. The Morgan fingerprint density at radius 1 is 1.23 bits per heavy atom. The number of nitrogens with one attached hydrogen (secondary N) is 1. The highest BCUT2D eigenvalue weighted by molar-refractivity contribution is 5.87. The highest BCUT2D eigenvalue weighted by Crippen LogP contribution is 2.30. The van der Waals surface area contributed by atoms with Crippen LogP contribution in [0.3, 0.4) is 0 Å². The molecule has 3 N–H and O–H groups in total. The number of H-pyrrole nitrogens is 1. The molecule has 0 bridgehead atoms. The second-order valence-corrected chi connectivity index (χ2v) is 7.65. The second kappa shape index (κ2) is 7.32. The van der Waals surface area contributed by atoms with Gasteiger partial charge in [0.2, 0.25) is 11.8 Å². The van der Waals surface area contributed by atoms with Crippen molar-refractivity contribution in [1.82, 2.24) is 15.1 Å². The molecule has 1 saturated heterocycles. The molecule has 0 saturated carbocycles. The maximum Gasteiger partial charge on any atom is 0.223 e. The minimum Gasteiger partial charge on any atom is -0.369 e. The smallest absolute Gasteiger partial charge is 0.223 e. The van der Waals surface area contributed by atoms with Gasteiger partial charge in [-0.05, 0) is 18.9 Å². The van der Waals surface area contributed by atoms with Gasteiger partial charge in [-0.15, -0.1) is 0 Å². The number of amides is 2. The molecule has 1 aliphatic heterocycles. The SMILES string of the molecule is CC(C)(CC(=O)N1CCC(c2cc(-c3ccccc3)n[nH]2)CC1)C(N)=O. The van der Waals surface area contributed by atoms with Crippen molar-refractivity contribution in [3.63, 3.8) is 0 Å². The molecule has 0 spiro atoms. The van der Waals surface area contributed by atoms with Gasteiger partial charge in [0.05, 0.1) is 11.1 Å². The number of carbonyl (C=O) groups is 2. The molecule has 2 aromatic rings. The van der Waals surface area contributed by atoms with Crippen molar-refractivity contribution in [1.29, 1.82) is 0 Å². The number of benzene rings is 1.